The molecule has 3 nitrogen and oxygen atoms in total. The standard InChI is InChI=1S/C15H27NO2/c1-12(2)6-4-7-13(3)14(12,16)8-5-9-15(13)17-10-11-18-15/h4-11,16H2,1-3H3/t13-,14?/m1/s1. The summed E-state index contributed by atoms with van der Waals surface area (Å²) in [5.74, 6) is -0.405. The van der Waals surface area contributed by atoms with E-state index in [-0.39, 0.29) is 16.4 Å². The van der Waals surface area contributed by atoms with Crippen molar-refractivity contribution in [2.45, 2.75) is 70.6 Å². The number of nitrogens with two attached hydrogens (primary N) is 1. The first-order valence-electron chi connectivity index (χ1n) is 7.44. The van der Waals surface area contributed by atoms with Gasteiger partial charge in [0.15, 0.2) is 5.79 Å². The van der Waals surface area contributed by atoms with E-state index >= 15 is 0 Å². The lowest BCUT2D eigenvalue weighted by atomic mass is 9.45. The van der Waals surface area contributed by atoms with Gasteiger partial charge < -0.3 is 15.2 Å². The van der Waals surface area contributed by atoms with E-state index in [4.69, 9.17) is 15.2 Å². The highest BCUT2D eigenvalue weighted by atomic mass is 16.7. The van der Waals surface area contributed by atoms with Crippen molar-refractivity contribution < 1.29 is 9.47 Å². The molecule has 1 spiro atoms. The molecule has 0 radical (unpaired) electrons. The molecule has 0 aromatic rings. The van der Waals surface area contributed by atoms with Crippen molar-refractivity contribution in [3.63, 3.8) is 0 Å². The van der Waals surface area contributed by atoms with E-state index in [0.29, 0.717) is 0 Å². The lowest BCUT2D eigenvalue weighted by Gasteiger charge is -2.66. The lowest BCUT2D eigenvalue weighted by Crippen LogP contribution is -2.74. The molecule has 18 heavy (non-hydrogen) atoms. The van der Waals surface area contributed by atoms with Gasteiger partial charge in [-0.25, -0.2) is 0 Å². The summed E-state index contributed by atoms with van der Waals surface area (Å²) < 4.78 is 12.2. The maximum atomic E-state index is 6.97. The molecule has 3 fully saturated rings. The molecule has 104 valence electrons. The summed E-state index contributed by atoms with van der Waals surface area (Å²) in [6, 6.07) is 0. The van der Waals surface area contributed by atoms with Crippen molar-refractivity contribution in [2.24, 2.45) is 16.6 Å². The molecule has 3 aliphatic rings. The zero-order chi connectivity index (χ0) is 13.1. The van der Waals surface area contributed by atoms with Gasteiger partial charge in [0.25, 0.3) is 0 Å². The zero-order valence-electron chi connectivity index (χ0n) is 12.1. The van der Waals surface area contributed by atoms with Crippen LogP contribution in [0.25, 0.3) is 0 Å². The third kappa shape index (κ3) is 1.31. The van der Waals surface area contributed by atoms with Gasteiger partial charge in [-0.1, -0.05) is 27.2 Å². The third-order valence-electron chi connectivity index (χ3n) is 6.34. The Morgan fingerprint density at radius 3 is 2.11 bits per heavy atom. The summed E-state index contributed by atoms with van der Waals surface area (Å²) in [5, 5.41) is 0. The quantitative estimate of drug-likeness (QED) is 0.722. The Hall–Kier alpha value is -0.120. The number of rotatable bonds is 0. The number of hydrogen-bond donors (Lipinski definition) is 1. The molecular weight excluding hydrogens is 226 g/mol. The van der Waals surface area contributed by atoms with Crippen LogP contribution in [0.2, 0.25) is 0 Å². The fourth-order valence-corrected chi connectivity index (χ4v) is 5.01. The van der Waals surface area contributed by atoms with Crippen molar-refractivity contribution in [2.75, 3.05) is 13.2 Å². The van der Waals surface area contributed by atoms with Gasteiger partial charge in [-0.3, -0.25) is 0 Å². The SMILES string of the molecule is CC1(C)CCC[C@@]2(C)C3(CCCC12N)OCCO3. The smallest absolute Gasteiger partial charge is 0.175 e. The monoisotopic (exact) mass is 253 g/mol. The first-order valence-corrected chi connectivity index (χ1v) is 7.44. The topological polar surface area (TPSA) is 44.5 Å². The highest BCUT2D eigenvalue weighted by Gasteiger charge is 2.68. The second-order valence-corrected chi connectivity index (χ2v) is 7.34. The maximum Gasteiger partial charge on any atom is 0.175 e. The van der Waals surface area contributed by atoms with E-state index in [1.165, 1.54) is 12.8 Å². The van der Waals surface area contributed by atoms with Crippen LogP contribution in [0.15, 0.2) is 0 Å². The zero-order valence-corrected chi connectivity index (χ0v) is 12.1. The molecule has 2 aliphatic carbocycles. The van der Waals surface area contributed by atoms with E-state index in [1.54, 1.807) is 0 Å². The molecule has 2 atom stereocenters. The average Bonchev–Trinajstić information content (AvgIpc) is 2.75. The minimum atomic E-state index is -0.405. The Morgan fingerprint density at radius 1 is 0.833 bits per heavy atom. The summed E-state index contributed by atoms with van der Waals surface area (Å²) in [6.07, 6.45) is 6.82. The summed E-state index contributed by atoms with van der Waals surface area (Å²) in [4.78, 5) is 0. The Bertz CT molecular complexity index is 348. The Labute approximate surface area is 110 Å². The molecule has 1 saturated heterocycles. The molecule has 1 unspecified atom stereocenters. The summed E-state index contributed by atoms with van der Waals surface area (Å²) in [6.45, 7) is 8.44. The maximum absolute atomic E-state index is 6.97. The molecule has 3 rings (SSSR count). The van der Waals surface area contributed by atoms with Crippen molar-refractivity contribution in [1.29, 1.82) is 0 Å². The van der Waals surface area contributed by atoms with Crippen molar-refractivity contribution >= 4 is 0 Å². The molecular formula is C15H27NO2. The van der Waals surface area contributed by atoms with E-state index in [0.717, 1.165) is 38.9 Å². The fraction of sp³-hybridized carbons (Fsp3) is 1.00. The van der Waals surface area contributed by atoms with Crippen molar-refractivity contribution in [1.82, 2.24) is 0 Å². The predicted molar refractivity (Wildman–Crippen MR) is 71.1 cm³/mol. The van der Waals surface area contributed by atoms with E-state index in [1.807, 2.05) is 0 Å². The van der Waals surface area contributed by atoms with Crippen LogP contribution >= 0.6 is 0 Å². The second-order valence-electron chi connectivity index (χ2n) is 7.34. The van der Waals surface area contributed by atoms with Gasteiger partial charge in [0.2, 0.25) is 0 Å². The van der Waals surface area contributed by atoms with Gasteiger partial charge in [-0.2, -0.15) is 0 Å². The van der Waals surface area contributed by atoms with Crippen LogP contribution in [-0.2, 0) is 9.47 Å². The largest absolute Gasteiger partial charge is 0.347 e. The number of ether oxygens (including phenoxy) is 2. The van der Waals surface area contributed by atoms with Gasteiger partial charge in [0.1, 0.15) is 0 Å². The molecule has 2 saturated carbocycles. The highest BCUT2D eigenvalue weighted by Crippen LogP contribution is 2.64. The first kappa shape index (κ1) is 12.9. The van der Waals surface area contributed by atoms with E-state index < -0.39 is 5.79 Å². The fourth-order valence-electron chi connectivity index (χ4n) is 5.01. The molecule has 1 aliphatic heterocycles. The summed E-state index contributed by atoms with van der Waals surface area (Å²) >= 11 is 0. The number of hydrogen-bond acceptors (Lipinski definition) is 3. The first-order chi connectivity index (χ1) is 8.37. The third-order valence-corrected chi connectivity index (χ3v) is 6.34. The highest BCUT2D eigenvalue weighted by molar-refractivity contribution is 5.18. The Morgan fingerprint density at radius 2 is 1.44 bits per heavy atom. The van der Waals surface area contributed by atoms with Crippen LogP contribution in [0.4, 0.5) is 0 Å². The molecule has 1 heterocycles. The van der Waals surface area contributed by atoms with Crippen LogP contribution in [0.3, 0.4) is 0 Å². The molecule has 0 amide bonds. The molecule has 0 bridgehead atoms. The summed E-state index contributed by atoms with van der Waals surface area (Å²) in [7, 11) is 0. The van der Waals surface area contributed by atoms with Gasteiger partial charge in [-0.15, -0.1) is 0 Å². The predicted octanol–water partition coefficient (Wildman–Crippen LogP) is 2.83. The molecule has 0 aromatic heterocycles. The Balaban J connectivity index is 2.08. The van der Waals surface area contributed by atoms with Gasteiger partial charge >= 0.3 is 0 Å². The molecule has 3 heteroatoms. The van der Waals surface area contributed by atoms with Crippen LogP contribution in [0.5, 0.6) is 0 Å². The van der Waals surface area contributed by atoms with Gasteiger partial charge in [-0.05, 0) is 31.1 Å². The van der Waals surface area contributed by atoms with Crippen LogP contribution in [-0.4, -0.2) is 24.5 Å². The normalized spacial score (nSPS) is 46.0. The van der Waals surface area contributed by atoms with Gasteiger partial charge in [0.05, 0.1) is 13.2 Å². The van der Waals surface area contributed by atoms with E-state index in [2.05, 4.69) is 20.8 Å². The van der Waals surface area contributed by atoms with Gasteiger partial charge in [0, 0.05) is 17.4 Å². The summed E-state index contributed by atoms with van der Waals surface area (Å²) in [5.41, 5.74) is 6.93. The minimum Gasteiger partial charge on any atom is -0.347 e. The van der Waals surface area contributed by atoms with Crippen LogP contribution in [0, 0.1) is 10.8 Å². The minimum absolute atomic E-state index is 0.0451. The lowest BCUT2D eigenvalue weighted by molar-refractivity contribution is -0.296. The van der Waals surface area contributed by atoms with Crippen molar-refractivity contribution in [3.05, 3.63) is 0 Å². The van der Waals surface area contributed by atoms with Crippen molar-refractivity contribution in [3.8, 4) is 0 Å². The van der Waals surface area contributed by atoms with Crippen LogP contribution < -0.4 is 5.73 Å². The Kier molecular flexibility index (Phi) is 2.66. The second kappa shape index (κ2) is 3.71. The molecule has 2 N–H and O–H groups in total. The average molecular weight is 253 g/mol. The van der Waals surface area contributed by atoms with E-state index in [9.17, 15) is 0 Å². The van der Waals surface area contributed by atoms with Crippen LogP contribution in [0.1, 0.15) is 59.3 Å². The number of fused-ring (bicyclic) bond motifs is 2. The molecule has 0 aromatic carbocycles.